The molecule has 0 aliphatic heterocycles. The van der Waals surface area contributed by atoms with E-state index in [2.05, 4.69) is 0 Å². The van der Waals surface area contributed by atoms with Gasteiger partial charge >= 0.3 is 6.18 Å². The first-order chi connectivity index (χ1) is 5.82. The van der Waals surface area contributed by atoms with Crippen molar-refractivity contribution in [3.05, 3.63) is 26.3 Å². The summed E-state index contributed by atoms with van der Waals surface area (Å²) < 4.78 is 36.5. The first kappa shape index (κ1) is 10.9. The summed E-state index contributed by atoms with van der Waals surface area (Å²) in [4.78, 5) is 0. The molecule has 0 atom stereocenters. The highest BCUT2D eigenvalue weighted by molar-refractivity contribution is 14.1. The lowest BCUT2D eigenvalue weighted by molar-refractivity contribution is -0.137. The first-order valence-corrected chi connectivity index (χ1v) is 4.53. The van der Waals surface area contributed by atoms with Crippen LogP contribution in [0.2, 0.25) is 5.02 Å². The van der Waals surface area contributed by atoms with Crippen molar-refractivity contribution in [1.29, 1.82) is 0 Å². The van der Waals surface area contributed by atoms with Crippen molar-refractivity contribution in [2.45, 2.75) is 6.18 Å². The van der Waals surface area contributed by atoms with E-state index in [0.29, 0.717) is 6.07 Å². The topological polar surface area (TPSA) is 20.2 Å². The van der Waals surface area contributed by atoms with Gasteiger partial charge in [0.1, 0.15) is 5.75 Å². The number of phenols is 1. The van der Waals surface area contributed by atoms with E-state index in [0.717, 1.165) is 6.07 Å². The van der Waals surface area contributed by atoms with E-state index in [9.17, 15) is 13.2 Å². The van der Waals surface area contributed by atoms with Crippen LogP contribution in [0.25, 0.3) is 0 Å². The smallest absolute Gasteiger partial charge is 0.416 e. The van der Waals surface area contributed by atoms with E-state index < -0.39 is 17.5 Å². The van der Waals surface area contributed by atoms with Gasteiger partial charge in [-0.3, -0.25) is 0 Å². The minimum atomic E-state index is -4.48. The Bertz CT molecular complexity index is 314. The molecule has 6 heteroatoms. The number of halogens is 5. The van der Waals surface area contributed by atoms with Crippen LogP contribution < -0.4 is 0 Å². The van der Waals surface area contributed by atoms with Crippen LogP contribution in [0.3, 0.4) is 0 Å². The maximum Gasteiger partial charge on any atom is 0.416 e. The van der Waals surface area contributed by atoms with Crippen molar-refractivity contribution in [3.8, 4) is 5.75 Å². The minimum absolute atomic E-state index is 0.104. The number of hydrogen-bond donors (Lipinski definition) is 1. The van der Waals surface area contributed by atoms with Crippen LogP contribution in [-0.4, -0.2) is 5.11 Å². The van der Waals surface area contributed by atoms with Gasteiger partial charge < -0.3 is 5.11 Å². The van der Waals surface area contributed by atoms with Gasteiger partial charge in [0.2, 0.25) is 0 Å². The van der Waals surface area contributed by atoms with Crippen LogP contribution in [0.1, 0.15) is 5.56 Å². The molecule has 0 heterocycles. The number of aromatic hydroxyl groups is 1. The van der Waals surface area contributed by atoms with Crippen LogP contribution in [0.15, 0.2) is 12.1 Å². The molecule has 1 nitrogen and oxygen atoms in total. The van der Waals surface area contributed by atoms with Crippen molar-refractivity contribution in [2.75, 3.05) is 0 Å². The molecule has 72 valence electrons. The van der Waals surface area contributed by atoms with Crippen molar-refractivity contribution >= 4 is 34.2 Å². The molecule has 0 aliphatic carbocycles. The number of rotatable bonds is 0. The van der Waals surface area contributed by atoms with Gasteiger partial charge in [0.25, 0.3) is 0 Å². The van der Waals surface area contributed by atoms with Gasteiger partial charge in [-0.1, -0.05) is 11.6 Å². The van der Waals surface area contributed by atoms with Gasteiger partial charge in [-0.25, -0.2) is 0 Å². The molecule has 0 aromatic heterocycles. The Balaban J connectivity index is 3.29. The van der Waals surface area contributed by atoms with Gasteiger partial charge in [0.15, 0.2) is 0 Å². The monoisotopic (exact) mass is 322 g/mol. The number of alkyl halides is 3. The van der Waals surface area contributed by atoms with Gasteiger partial charge in [-0.2, -0.15) is 13.2 Å². The zero-order valence-electron chi connectivity index (χ0n) is 5.99. The molecule has 1 aromatic carbocycles. The predicted octanol–water partition coefficient (Wildman–Crippen LogP) is 3.67. The summed E-state index contributed by atoms with van der Waals surface area (Å²) in [6.45, 7) is 0. The van der Waals surface area contributed by atoms with E-state index in [-0.39, 0.29) is 8.59 Å². The Kier molecular flexibility index (Phi) is 2.96. The van der Waals surface area contributed by atoms with Gasteiger partial charge in [-0.05, 0) is 34.7 Å². The molecule has 0 aliphatic rings. The molecular formula is C7H3ClF3IO. The normalized spacial score (nSPS) is 11.8. The van der Waals surface area contributed by atoms with Gasteiger partial charge in [0.05, 0.1) is 14.2 Å². The fourth-order valence-corrected chi connectivity index (χ4v) is 1.26. The number of benzene rings is 1. The van der Waals surface area contributed by atoms with Crippen LogP contribution in [0.5, 0.6) is 5.75 Å². The highest BCUT2D eigenvalue weighted by Crippen LogP contribution is 2.36. The van der Waals surface area contributed by atoms with Crippen LogP contribution in [-0.2, 0) is 6.18 Å². The van der Waals surface area contributed by atoms with Crippen molar-refractivity contribution in [2.24, 2.45) is 0 Å². The molecule has 0 saturated carbocycles. The molecule has 13 heavy (non-hydrogen) atoms. The quantitative estimate of drug-likeness (QED) is 0.723. The lowest BCUT2D eigenvalue weighted by Gasteiger charge is -2.08. The van der Waals surface area contributed by atoms with E-state index in [1.165, 1.54) is 0 Å². The van der Waals surface area contributed by atoms with Gasteiger partial charge in [0, 0.05) is 0 Å². The Labute approximate surface area is 90.7 Å². The fourth-order valence-electron chi connectivity index (χ4n) is 0.738. The number of hydrogen-bond acceptors (Lipinski definition) is 1. The van der Waals surface area contributed by atoms with Crippen molar-refractivity contribution in [1.82, 2.24) is 0 Å². The summed E-state index contributed by atoms with van der Waals surface area (Å²) in [7, 11) is 0. The van der Waals surface area contributed by atoms with Gasteiger partial charge in [-0.15, -0.1) is 0 Å². The molecule has 1 aromatic rings. The largest absolute Gasteiger partial charge is 0.507 e. The average Bonchev–Trinajstić information content (AvgIpc) is 1.97. The maximum atomic E-state index is 12.1. The molecule has 1 N–H and O–H groups in total. The zero-order valence-corrected chi connectivity index (χ0v) is 8.91. The molecule has 0 amide bonds. The second-order valence-electron chi connectivity index (χ2n) is 2.29. The van der Waals surface area contributed by atoms with E-state index in [1.54, 1.807) is 22.6 Å². The molecule has 0 spiro atoms. The zero-order chi connectivity index (χ0) is 10.2. The van der Waals surface area contributed by atoms with Crippen LogP contribution in [0.4, 0.5) is 13.2 Å². The second-order valence-corrected chi connectivity index (χ2v) is 3.77. The second kappa shape index (κ2) is 3.53. The van der Waals surface area contributed by atoms with Crippen LogP contribution in [0, 0.1) is 3.57 Å². The molecule has 0 unspecified atom stereocenters. The Morgan fingerprint density at radius 3 is 2.23 bits per heavy atom. The first-order valence-electron chi connectivity index (χ1n) is 3.07. The fraction of sp³-hybridized carbons (Fsp3) is 0.143. The number of phenolic OH excluding ortho intramolecular Hbond substituents is 1. The lowest BCUT2D eigenvalue weighted by atomic mass is 10.2. The average molecular weight is 322 g/mol. The molecule has 0 fully saturated rings. The van der Waals surface area contributed by atoms with Crippen molar-refractivity contribution in [3.63, 3.8) is 0 Å². The molecule has 0 bridgehead atoms. The van der Waals surface area contributed by atoms with Crippen molar-refractivity contribution < 1.29 is 18.3 Å². The summed E-state index contributed by atoms with van der Waals surface area (Å²) in [5.74, 6) is -0.458. The molecule has 1 rings (SSSR count). The molecule has 0 radical (unpaired) electrons. The van der Waals surface area contributed by atoms with E-state index in [4.69, 9.17) is 16.7 Å². The third-order valence-electron chi connectivity index (χ3n) is 1.34. The summed E-state index contributed by atoms with van der Waals surface area (Å²) >= 11 is 7.12. The Morgan fingerprint density at radius 2 is 1.85 bits per heavy atom. The minimum Gasteiger partial charge on any atom is -0.507 e. The lowest BCUT2D eigenvalue weighted by Crippen LogP contribution is -2.04. The summed E-state index contributed by atoms with van der Waals surface area (Å²) in [5.41, 5.74) is -0.949. The molecule has 0 saturated heterocycles. The molecular weight excluding hydrogens is 319 g/mol. The van der Waals surface area contributed by atoms with E-state index >= 15 is 0 Å². The summed E-state index contributed by atoms with van der Waals surface area (Å²) in [5, 5.41) is 8.95. The third kappa shape index (κ3) is 2.40. The highest BCUT2D eigenvalue weighted by Gasteiger charge is 2.31. The Hall–Kier alpha value is -0.170. The highest BCUT2D eigenvalue weighted by atomic mass is 127. The maximum absolute atomic E-state index is 12.1. The van der Waals surface area contributed by atoms with Crippen LogP contribution >= 0.6 is 34.2 Å². The SMILES string of the molecule is Oc1cc(C(F)(F)F)cc(Cl)c1I. The standard InChI is InChI=1S/C7H3ClF3IO/c8-4-1-3(7(9,10)11)2-5(13)6(4)12/h1-2,13H. The van der Waals surface area contributed by atoms with E-state index in [1.807, 2.05) is 0 Å². The summed E-state index contributed by atoms with van der Waals surface area (Å²) in [6, 6.07) is 1.43. The Morgan fingerprint density at radius 1 is 1.31 bits per heavy atom. The third-order valence-corrected chi connectivity index (χ3v) is 3.09. The predicted molar refractivity (Wildman–Crippen MR) is 50.8 cm³/mol. The summed E-state index contributed by atoms with van der Waals surface area (Å²) in [6.07, 6.45) is -4.48.